The molecule has 0 saturated carbocycles. The highest BCUT2D eigenvalue weighted by Crippen LogP contribution is 2.20. The van der Waals surface area contributed by atoms with Crippen molar-refractivity contribution in [2.45, 2.75) is 6.54 Å². The van der Waals surface area contributed by atoms with Gasteiger partial charge in [0, 0.05) is 19.8 Å². The van der Waals surface area contributed by atoms with E-state index in [2.05, 4.69) is 15.3 Å². The number of pyridine rings is 1. The number of methoxy groups -OCH3 is 1. The van der Waals surface area contributed by atoms with Crippen LogP contribution in [0.2, 0.25) is 0 Å². The summed E-state index contributed by atoms with van der Waals surface area (Å²) in [5, 5.41) is 3.33. The molecule has 2 aromatic heterocycles. The summed E-state index contributed by atoms with van der Waals surface area (Å²) in [7, 11) is 3.64. The number of rotatable bonds is 4. The van der Waals surface area contributed by atoms with Crippen molar-refractivity contribution in [2.75, 3.05) is 12.4 Å². The number of aryl methyl sites for hydroxylation is 1. The molecule has 1 N–H and O–H groups in total. The summed E-state index contributed by atoms with van der Waals surface area (Å²) >= 11 is 0. The summed E-state index contributed by atoms with van der Waals surface area (Å²) in [5.41, 5.74) is 3.09. The van der Waals surface area contributed by atoms with E-state index in [0.717, 1.165) is 28.2 Å². The molecule has 2 heterocycles. The molecule has 0 fully saturated rings. The van der Waals surface area contributed by atoms with E-state index in [0.29, 0.717) is 6.54 Å². The second-order valence-corrected chi connectivity index (χ2v) is 4.59. The lowest BCUT2D eigenvalue weighted by Crippen LogP contribution is -2.02. The molecule has 0 saturated heterocycles. The lowest BCUT2D eigenvalue weighted by atomic mass is 10.2. The minimum Gasteiger partial charge on any atom is -0.497 e. The third-order valence-electron chi connectivity index (χ3n) is 3.24. The van der Waals surface area contributed by atoms with Gasteiger partial charge in [-0.2, -0.15) is 0 Å². The molecule has 0 amide bonds. The molecule has 0 atom stereocenters. The average Bonchev–Trinajstić information content (AvgIpc) is 2.88. The predicted molar refractivity (Wildman–Crippen MR) is 78.8 cm³/mol. The summed E-state index contributed by atoms with van der Waals surface area (Å²) in [6.07, 6.45) is 3.58. The van der Waals surface area contributed by atoms with E-state index in [9.17, 15) is 0 Å². The van der Waals surface area contributed by atoms with Crippen molar-refractivity contribution < 1.29 is 4.74 Å². The van der Waals surface area contributed by atoms with E-state index in [-0.39, 0.29) is 0 Å². The first-order chi connectivity index (χ1) is 9.78. The number of imidazole rings is 1. The lowest BCUT2D eigenvalue weighted by molar-refractivity contribution is 0.414. The number of hydrogen-bond donors (Lipinski definition) is 1. The molecule has 20 heavy (non-hydrogen) atoms. The van der Waals surface area contributed by atoms with Crippen LogP contribution in [0, 0.1) is 0 Å². The maximum Gasteiger partial charge on any atom is 0.154 e. The number of nitrogens with one attached hydrogen (secondary N) is 1. The van der Waals surface area contributed by atoms with Crippen molar-refractivity contribution in [1.29, 1.82) is 0 Å². The van der Waals surface area contributed by atoms with Crippen molar-refractivity contribution in [3.05, 3.63) is 48.4 Å². The van der Waals surface area contributed by atoms with Crippen LogP contribution in [0.1, 0.15) is 5.56 Å². The van der Waals surface area contributed by atoms with Gasteiger partial charge in [0.1, 0.15) is 11.3 Å². The van der Waals surface area contributed by atoms with Crippen LogP contribution in [0.15, 0.2) is 42.9 Å². The van der Waals surface area contributed by atoms with Crippen LogP contribution in [-0.2, 0) is 13.6 Å². The summed E-state index contributed by atoms with van der Waals surface area (Å²) in [4.78, 5) is 8.74. The van der Waals surface area contributed by atoms with Gasteiger partial charge in [-0.3, -0.25) is 0 Å². The first-order valence-corrected chi connectivity index (χ1v) is 6.41. The van der Waals surface area contributed by atoms with E-state index in [1.807, 2.05) is 41.9 Å². The quantitative estimate of drug-likeness (QED) is 0.790. The number of ether oxygens (including phenoxy) is 1. The summed E-state index contributed by atoms with van der Waals surface area (Å²) < 4.78 is 7.20. The van der Waals surface area contributed by atoms with Gasteiger partial charge in [0.05, 0.1) is 19.0 Å². The Kier molecular flexibility index (Phi) is 3.25. The summed E-state index contributed by atoms with van der Waals surface area (Å²) in [6.45, 7) is 0.680. The zero-order chi connectivity index (χ0) is 13.9. The zero-order valence-electron chi connectivity index (χ0n) is 11.5. The monoisotopic (exact) mass is 268 g/mol. The molecular weight excluding hydrogens is 252 g/mol. The Morgan fingerprint density at radius 3 is 3.00 bits per heavy atom. The molecule has 0 unspecified atom stereocenters. The second kappa shape index (κ2) is 5.21. The maximum absolute atomic E-state index is 5.22. The predicted octanol–water partition coefficient (Wildman–Crippen LogP) is 2.59. The van der Waals surface area contributed by atoms with E-state index >= 15 is 0 Å². The summed E-state index contributed by atoms with van der Waals surface area (Å²) in [6, 6.07) is 9.92. The number of fused-ring (bicyclic) bond motifs is 1. The average molecular weight is 268 g/mol. The molecule has 1 aromatic carbocycles. The Morgan fingerprint density at radius 1 is 1.25 bits per heavy atom. The first-order valence-electron chi connectivity index (χ1n) is 6.41. The van der Waals surface area contributed by atoms with Crippen molar-refractivity contribution in [3.63, 3.8) is 0 Å². The number of aromatic nitrogens is 3. The van der Waals surface area contributed by atoms with Gasteiger partial charge >= 0.3 is 0 Å². The Balaban J connectivity index is 1.83. The largest absolute Gasteiger partial charge is 0.497 e. The Hall–Kier alpha value is -2.56. The van der Waals surface area contributed by atoms with Crippen LogP contribution in [0.3, 0.4) is 0 Å². The molecule has 5 nitrogen and oxygen atoms in total. The standard InChI is InChI=1S/C15H16N4O/c1-19-10-18-14-13(19)6-7-16-15(14)17-9-11-4-3-5-12(8-11)20-2/h3-8,10H,9H2,1-2H3,(H,16,17). The highest BCUT2D eigenvalue weighted by atomic mass is 16.5. The van der Waals surface area contributed by atoms with Crippen LogP contribution in [0.4, 0.5) is 5.82 Å². The fourth-order valence-electron chi connectivity index (χ4n) is 2.16. The molecule has 0 aliphatic heterocycles. The smallest absolute Gasteiger partial charge is 0.154 e. The molecule has 102 valence electrons. The third-order valence-corrected chi connectivity index (χ3v) is 3.24. The van der Waals surface area contributed by atoms with E-state index in [1.54, 1.807) is 19.6 Å². The molecule has 5 heteroatoms. The van der Waals surface area contributed by atoms with Crippen LogP contribution >= 0.6 is 0 Å². The van der Waals surface area contributed by atoms with Gasteiger partial charge in [-0.25, -0.2) is 9.97 Å². The SMILES string of the molecule is COc1cccc(CNc2nccc3c2ncn3C)c1. The molecule has 0 radical (unpaired) electrons. The maximum atomic E-state index is 5.22. The normalized spacial score (nSPS) is 10.7. The third kappa shape index (κ3) is 2.30. The van der Waals surface area contributed by atoms with Gasteiger partial charge in [0.2, 0.25) is 0 Å². The first kappa shape index (κ1) is 12.5. The Morgan fingerprint density at radius 2 is 2.15 bits per heavy atom. The molecule has 3 rings (SSSR count). The van der Waals surface area contributed by atoms with Crippen LogP contribution in [-0.4, -0.2) is 21.6 Å². The fourth-order valence-corrected chi connectivity index (χ4v) is 2.16. The van der Waals surface area contributed by atoms with Crippen LogP contribution in [0.5, 0.6) is 5.75 Å². The highest BCUT2D eigenvalue weighted by Gasteiger charge is 2.06. The number of anilines is 1. The van der Waals surface area contributed by atoms with E-state index in [4.69, 9.17) is 4.74 Å². The molecule has 0 bridgehead atoms. The fraction of sp³-hybridized carbons (Fsp3) is 0.200. The van der Waals surface area contributed by atoms with Gasteiger partial charge in [0.15, 0.2) is 5.82 Å². The highest BCUT2D eigenvalue weighted by molar-refractivity contribution is 5.85. The minimum absolute atomic E-state index is 0.680. The number of benzene rings is 1. The van der Waals surface area contributed by atoms with Crippen LogP contribution < -0.4 is 10.1 Å². The lowest BCUT2D eigenvalue weighted by Gasteiger charge is -2.07. The van der Waals surface area contributed by atoms with Gasteiger partial charge in [0.25, 0.3) is 0 Å². The van der Waals surface area contributed by atoms with E-state index < -0.39 is 0 Å². The van der Waals surface area contributed by atoms with E-state index in [1.165, 1.54) is 0 Å². The van der Waals surface area contributed by atoms with Gasteiger partial charge < -0.3 is 14.6 Å². The van der Waals surface area contributed by atoms with Gasteiger partial charge in [-0.05, 0) is 23.8 Å². The molecule has 0 aliphatic rings. The molecule has 0 spiro atoms. The molecular formula is C15H16N4O. The molecule has 3 aromatic rings. The number of hydrogen-bond acceptors (Lipinski definition) is 4. The second-order valence-electron chi connectivity index (χ2n) is 4.59. The number of nitrogens with zero attached hydrogens (tertiary/aromatic N) is 3. The van der Waals surface area contributed by atoms with Crippen molar-refractivity contribution >= 4 is 16.9 Å². The van der Waals surface area contributed by atoms with Gasteiger partial charge in [-0.1, -0.05) is 12.1 Å². The zero-order valence-corrected chi connectivity index (χ0v) is 11.5. The van der Waals surface area contributed by atoms with Crippen LogP contribution in [0.25, 0.3) is 11.0 Å². The Labute approximate surface area is 117 Å². The Bertz CT molecular complexity index is 736. The van der Waals surface area contributed by atoms with Crippen molar-refractivity contribution in [2.24, 2.45) is 7.05 Å². The summed E-state index contributed by atoms with van der Waals surface area (Å²) in [5.74, 6) is 1.65. The molecule has 0 aliphatic carbocycles. The van der Waals surface area contributed by atoms with Crippen molar-refractivity contribution in [3.8, 4) is 5.75 Å². The minimum atomic E-state index is 0.680. The topological polar surface area (TPSA) is 52.0 Å². The van der Waals surface area contributed by atoms with Crippen molar-refractivity contribution in [1.82, 2.24) is 14.5 Å². The van der Waals surface area contributed by atoms with Gasteiger partial charge in [-0.15, -0.1) is 0 Å².